The molecule has 0 radical (unpaired) electrons. The third-order valence-electron chi connectivity index (χ3n) is 3.88. The van der Waals surface area contributed by atoms with Crippen LogP contribution in [-0.2, 0) is 9.53 Å². The predicted octanol–water partition coefficient (Wildman–Crippen LogP) is 2.26. The van der Waals surface area contributed by atoms with Crippen LogP contribution in [0.1, 0.15) is 18.4 Å². The van der Waals surface area contributed by atoms with Gasteiger partial charge in [0.2, 0.25) is 0 Å². The summed E-state index contributed by atoms with van der Waals surface area (Å²) in [5.41, 5.74) is 1.16. The second kappa shape index (κ2) is 7.29. The zero-order valence-corrected chi connectivity index (χ0v) is 12.3. The van der Waals surface area contributed by atoms with Gasteiger partial charge in [-0.05, 0) is 44.5 Å². The molecule has 1 aromatic rings. The van der Waals surface area contributed by atoms with Gasteiger partial charge in [-0.2, -0.15) is 0 Å². The number of carbonyl (C=O) groups is 1. The third kappa shape index (κ3) is 3.97. The molecule has 1 heterocycles. The number of hydrogen-bond acceptors (Lipinski definition) is 4. The highest BCUT2D eigenvalue weighted by atomic mass is 16.5. The van der Waals surface area contributed by atoms with E-state index in [1.54, 1.807) is 0 Å². The molecule has 110 valence electrons. The lowest BCUT2D eigenvalue weighted by molar-refractivity contribution is -0.147. The van der Waals surface area contributed by atoms with Crippen molar-refractivity contribution < 1.29 is 14.3 Å². The molecule has 1 saturated heterocycles. The van der Waals surface area contributed by atoms with Crippen LogP contribution in [0.3, 0.4) is 0 Å². The lowest BCUT2D eigenvalue weighted by Gasteiger charge is -2.30. The highest BCUT2D eigenvalue weighted by molar-refractivity contribution is 5.72. The van der Waals surface area contributed by atoms with Crippen molar-refractivity contribution in [3.05, 3.63) is 29.8 Å². The number of piperidine rings is 1. The largest absolute Gasteiger partial charge is 0.492 e. The van der Waals surface area contributed by atoms with E-state index < -0.39 is 0 Å². The maximum Gasteiger partial charge on any atom is 0.308 e. The van der Waals surface area contributed by atoms with E-state index in [9.17, 15) is 4.79 Å². The van der Waals surface area contributed by atoms with Crippen molar-refractivity contribution in [3.63, 3.8) is 0 Å². The maximum atomic E-state index is 11.4. The molecule has 0 atom stereocenters. The van der Waals surface area contributed by atoms with Crippen molar-refractivity contribution in [2.24, 2.45) is 5.92 Å². The fraction of sp³-hybridized carbons (Fsp3) is 0.562. The number of likely N-dealkylation sites (tertiary alicyclic amines) is 1. The molecule has 20 heavy (non-hydrogen) atoms. The number of esters is 1. The standard InChI is InChI=1S/C16H23NO3/c1-13-5-3-4-6-15(13)20-12-11-17-9-7-14(8-10-17)16(18)19-2/h3-6,14H,7-12H2,1-2H3. The molecule has 1 aliphatic heterocycles. The van der Waals surface area contributed by atoms with E-state index in [1.165, 1.54) is 7.11 Å². The number of carbonyl (C=O) groups excluding carboxylic acids is 1. The van der Waals surface area contributed by atoms with Gasteiger partial charge in [0.25, 0.3) is 0 Å². The Balaban J connectivity index is 1.69. The van der Waals surface area contributed by atoms with Crippen molar-refractivity contribution >= 4 is 5.97 Å². The molecule has 0 bridgehead atoms. The minimum Gasteiger partial charge on any atom is -0.492 e. The summed E-state index contributed by atoms with van der Waals surface area (Å²) in [6, 6.07) is 8.06. The third-order valence-corrected chi connectivity index (χ3v) is 3.88. The topological polar surface area (TPSA) is 38.8 Å². The fourth-order valence-corrected chi connectivity index (χ4v) is 2.56. The minimum absolute atomic E-state index is 0.0687. The summed E-state index contributed by atoms with van der Waals surface area (Å²) in [5.74, 6) is 0.964. The van der Waals surface area contributed by atoms with E-state index in [0.29, 0.717) is 6.61 Å². The van der Waals surface area contributed by atoms with Gasteiger partial charge in [0, 0.05) is 6.54 Å². The van der Waals surface area contributed by atoms with E-state index >= 15 is 0 Å². The number of para-hydroxylation sites is 1. The Morgan fingerprint density at radius 2 is 2.00 bits per heavy atom. The lowest BCUT2D eigenvalue weighted by atomic mass is 9.97. The summed E-state index contributed by atoms with van der Waals surface area (Å²) >= 11 is 0. The summed E-state index contributed by atoms with van der Waals surface area (Å²) in [6.45, 7) is 5.53. The molecule has 0 unspecified atom stereocenters. The Kier molecular flexibility index (Phi) is 5.41. The molecule has 2 rings (SSSR count). The molecule has 0 aromatic heterocycles. The Hall–Kier alpha value is -1.55. The molecule has 4 nitrogen and oxygen atoms in total. The smallest absolute Gasteiger partial charge is 0.308 e. The van der Waals surface area contributed by atoms with Gasteiger partial charge < -0.3 is 9.47 Å². The van der Waals surface area contributed by atoms with Gasteiger partial charge in [0.1, 0.15) is 12.4 Å². The highest BCUT2D eigenvalue weighted by Crippen LogP contribution is 2.19. The number of benzene rings is 1. The van der Waals surface area contributed by atoms with Gasteiger partial charge >= 0.3 is 5.97 Å². The first kappa shape index (κ1) is 14.9. The Morgan fingerprint density at radius 1 is 1.30 bits per heavy atom. The van der Waals surface area contributed by atoms with Crippen molar-refractivity contribution in [3.8, 4) is 5.75 Å². The van der Waals surface area contributed by atoms with Crippen LogP contribution in [0.25, 0.3) is 0 Å². The lowest BCUT2D eigenvalue weighted by Crippen LogP contribution is -2.38. The average molecular weight is 277 g/mol. The molecular weight excluding hydrogens is 254 g/mol. The second-order valence-electron chi connectivity index (χ2n) is 5.25. The average Bonchev–Trinajstić information content (AvgIpc) is 2.49. The molecule has 0 aliphatic carbocycles. The van der Waals surface area contributed by atoms with Crippen LogP contribution in [0.5, 0.6) is 5.75 Å². The summed E-state index contributed by atoms with van der Waals surface area (Å²) < 4.78 is 10.6. The van der Waals surface area contributed by atoms with E-state index in [-0.39, 0.29) is 11.9 Å². The SMILES string of the molecule is COC(=O)C1CCN(CCOc2ccccc2C)CC1. The maximum absolute atomic E-state index is 11.4. The number of hydrogen-bond donors (Lipinski definition) is 0. The molecule has 0 spiro atoms. The molecular formula is C16H23NO3. The van der Waals surface area contributed by atoms with Crippen molar-refractivity contribution in [2.75, 3.05) is 33.4 Å². The number of nitrogens with zero attached hydrogens (tertiary/aromatic N) is 1. The van der Waals surface area contributed by atoms with Gasteiger partial charge in [-0.15, -0.1) is 0 Å². The molecule has 0 saturated carbocycles. The molecule has 1 aliphatic rings. The predicted molar refractivity (Wildman–Crippen MR) is 77.9 cm³/mol. The van der Waals surface area contributed by atoms with Gasteiger partial charge in [-0.1, -0.05) is 18.2 Å². The van der Waals surface area contributed by atoms with E-state index in [2.05, 4.69) is 17.9 Å². The monoisotopic (exact) mass is 277 g/mol. The van der Waals surface area contributed by atoms with Gasteiger partial charge in [0.05, 0.1) is 13.0 Å². The van der Waals surface area contributed by atoms with Crippen LogP contribution >= 0.6 is 0 Å². The minimum atomic E-state index is -0.0687. The summed E-state index contributed by atoms with van der Waals surface area (Å²) in [7, 11) is 1.46. The van der Waals surface area contributed by atoms with Crippen molar-refractivity contribution in [1.29, 1.82) is 0 Å². The van der Waals surface area contributed by atoms with Crippen LogP contribution in [0.15, 0.2) is 24.3 Å². The zero-order valence-electron chi connectivity index (χ0n) is 12.3. The first-order valence-corrected chi connectivity index (χ1v) is 7.19. The molecule has 1 aromatic carbocycles. The van der Waals surface area contributed by atoms with Crippen molar-refractivity contribution in [1.82, 2.24) is 4.90 Å². The summed E-state index contributed by atoms with van der Waals surface area (Å²) in [6.07, 6.45) is 1.77. The van der Waals surface area contributed by atoms with E-state index in [4.69, 9.17) is 9.47 Å². The normalized spacial score (nSPS) is 16.9. The summed E-state index contributed by atoms with van der Waals surface area (Å²) in [4.78, 5) is 13.8. The van der Waals surface area contributed by atoms with Crippen molar-refractivity contribution in [2.45, 2.75) is 19.8 Å². The van der Waals surface area contributed by atoms with Gasteiger partial charge in [-0.3, -0.25) is 9.69 Å². The zero-order chi connectivity index (χ0) is 14.4. The van der Waals surface area contributed by atoms with Crippen LogP contribution in [0.4, 0.5) is 0 Å². The number of rotatable bonds is 5. The van der Waals surface area contributed by atoms with E-state index in [0.717, 1.165) is 43.8 Å². The van der Waals surface area contributed by atoms with Gasteiger partial charge in [-0.25, -0.2) is 0 Å². The van der Waals surface area contributed by atoms with Crippen LogP contribution in [0, 0.1) is 12.8 Å². The van der Waals surface area contributed by atoms with Crippen LogP contribution < -0.4 is 4.74 Å². The molecule has 0 N–H and O–H groups in total. The van der Waals surface area contributed by atoms with Gasteiger partial charge in [0.15, 0.2) is 0 Å². The highest BCUT2D eigenvalue weighted by Gasteiger charge is 2.25. The van der Waals surface area contributed by atoms with Crippen LogP contribution in [0.2, 0.25) is 0 Å². The fourth-order valence-electron chi connectivity index (χ4n) is 2.56. The first-order chi connectivity index (χ1) is 9.70. The van der Waals surface area contributed by atoms with Crippen LogP contribution in [-0.4, -0.2) is 44.2 Å². The van der Waals surface area contributed by atoms with E-state index in [1.807, 2.05) is 18.2 Å². The molecule has 0 amide bonds. The number of ether oxygens (including phenoxy) is 2. The first-order valence-electron chi connectivity index (χ1n) is 7.19. The second-order valence-corrected chi connectivity index (χ2v) is 5.25. The number of aryl methyl sites for hydroxylation is 1. The Bertz CT molecular complexity index is 439. The number of methoxy groups -OCH3 is 1. The quantitative estimate of drug-likeness (QED) is 0.774. The Morgan fingerprint density at radius 3 is 2.65 bits per heavy atom. The molecule has 1 fully saturated rings. The summed E-state index contributed by atoms with van der Waals surface area (Å²) in [5, 5.41) is 0. The Labute approximate surface area is 120 Å². The molecule has 4 heteroatoms.